The monoisotopic (exact) mass is 298 g/mol. The summed E-state index contributed by atoms with van der Waals surface area (Å²) < 4.78 is 13.5. The van der Waals surface area contributed by atoms with Gasteiger partial charge in [-0.25, -0.2) is 4.39 Å². The fraction of sp³-hybridized carbons (Fsp3) is 0.625. The third-order valence-electron chi connectivity index (χ3n) is 4.47. The summed E-state index contributed by atoms with van der Waals surface area (Å²) >= 11 is 5.97. The largest absolute Gasteiger partial charge is 0.329 e. The van der Waals surface area contributed by atoms with E-state index in [4.69, 9.17) is 17.3 Å². The number of hydrogen-bond donors (Lipinski definition) is 1. The lowest BCUT2D eigenvalue weighted by molar-refractivity contribution is 0.121. The SMILES string of the molecule is CC1CCCC(N(C)C(CN)c2cc(F)cc(Cl)c2)C1. The molecule has 2 nitrogen and oxygen atoms in total. The van der Waals surface area contributed by atoms with Gasteiger partial charge in [0.1, 0.15) is 5.82 Å². The maximum atomic E-state index is 13.5. The molecule has 0 heterocycles. The van der Waals surface area contributed by atoms with Crippen LogP contribution in [0.5, 0.6) is 0 Å². The van der Waals surface area contributed by atoms with Crippen molar-refractivity contribution in [1.29, 1.82) is 0 Å². The molecular formula is C16H24ClFN2. The van der Waals surface area contributed by atoms with Gasteiger partial charge in [0.05, 0.1) is 0 Å². The topological polar surface area (TPSA) is 29.3 Å². The van der Waals surface area contributed by atoms with E-state index < -0.39 is 0 Å². The maximum Gasteiger partial charge on any atom is 0.125 e. The molecule has 0 radical (unpaired) electrons. The lowest BCUT2D eigenvalue weighted by Gasteiger charge is -2.39. The number of likely N-dealkylation sites (N-methyl/N-ethyl adjacent to an activating group) is 1. The molecular weight excluding hydrogens is 275 g/mol. The molecule has 0 aliphatic heterocycles. The highest BCUT2D eigenvalue weighted by Crippen LogP contribution is 2.32. The first-order chi connectivity index (χ1) is 9.51. The van der Waals surface area contributed by atoms with E-state index in [0.29, 0.717) is 17.6 Å². The molecule has 1 aliphatic rings. The predicted molar refractivity (Wildman–Crippen MR) is 82.4 cm³/mol. The minimum absolute atomic E-state index is 0.0264. The first-order valence-corrected chi connectivity index (χ1v) is 7.77. The average Bonchev–Trinajstić information content (AvgIpc) is 2.38. The number of halogens is 2. The van der Waals surface area contributed by atoms with Crippen LogP contribution >= 0.6 is 11.6 Å². The van der Waals surface area contributed by atoms with Gasteiger partial charge < -0.3 is 5.73 Å². The van der Waals surface area contributed by atoms with Gasteiger partial charge in [-0.15, -0.1) is 0 Å². The summed E-state index contributed by atoms with van der Waals surface area (Å²) in [5.74, 6) is 0.460. The quantitative estimate of drug-likeness (QED) is 0.911. The fourth-order valence-electron chi connectivity index (χ4n) is 3.33. The van der Waals surface area contributed by atoms with Crippen molar-refractivity contribution in [2.24, 2.45) is 11.7 Å². The normalized spacial score (nSPS) is 24.9. The van der Waals surface area contributed by atoms with Crippen LogP contribution in [0.25, 0.3) is 0 Å². The van der Waals surface area contributed by atoms with Crippen LogP contribution in [0.1, 0.15) is 44.2 Å². The molecule has 3 unspecified atom stereocenters. The second-order valence-corrected chi connectivity index (χ2v) is 6.48. The standard InChI is InChI=1S/C16H24ClFN2/c1-11-4-3-5-15(6-11)20(2)16(10-19)12-7-13(17)9-14(18)8-12/h7-9,11,15-16H,3-6,10,19H2,1-2H3. The van der Waals surface area contributed by atoms with Crippen LogP contribution in [-0.4, -0.2) is 24.5 Å². The van der Waals surface area contributed by atoms with E-state index in [1.54, 1.807) is 6.07 Å². The Hall–Kier alpha value is -0.640. The smallest absolute Gasteiger partial charge is 0.125 e. The van der Waals surface area contributed by atoms with Crippen LogP contribution in [-0.2, 0) is 0 Å². The van der Waals surface area contributed by atoms with Gasteiger partial charge in [-0.2, -0.15) is 0 Å². The summed E-state index contributed by atoms with van der Waals surface area (Å²) in [6, 6.07) is 5.26. The molecule has 112 valence electrons. The minimum Gasteiger partial charge on any atom is -0.329 e. The number of benzene rings is 1. The second-order valence-electron chi connectivity index (χ2n) is 6.05. The molecule has 1 aromatic rings. The van der Waals surface area contributed by atoms with E-state index in [0.717, 1.165) is 11.5 Å². The number of nitrogens with zero attached hydrogens (tertiary/aromatic N) is 1. The average molecular weight is 299 g/mol. The van der Waals surface area contributed by atoms with Crippen LogP contribution in [0.15, 0.2) is 18.2 Å². The van der Waals surface area contributed by atoms with Crippen molar-refractivity contribution in [2.45, 2.75) is 44.7 Å². The molecule has 1 aliphatic carbocycles. The lowest BCUT2D eigenvalue weighted by Crippen LogP contribution is -2.41. The van der Waals surface area contributed by atoms with Crippen molar-refractivity contribution in [1.82, 2.24) is 4.90 Å². The highest BCUT2D eigenvalue weighted by Gasteiger charge is 2.27. The molecule has 2 rings (SSSR count). The van der Waals surface area contributed by atoms with Gasteiger partial charge in [0.25, 0.3) is 0 Å². The summed E-state index contributed by atoms with van der Waals surface area (Å²) in [4.78, 5) is 2.31. The second kappa shape index (κ2) is 6.88. The van der Waals surface area contributed by atoms with Crippen molar-refractivity contribution in [3.05, 3.63) is 34.6 Å². The van der Waals surface area contributed by atoms with Crippen molar-refractivity contribution in [2.75, 3.05) is 13.6 Å². The maximum absolute atomic E-state index is 13.5. The number of rotatable bonds is 4. The number of hydrogen-bond acceptors (Lipinski definition) is 2. The Morgan fingerprint density at radius 3 is 2.75 bits per heavy atom. The third kappa shape index (κ3) is 3.72. The van der Waals surface area contributed by atoms with Crippen molar-refractivity contribution in [3.63, 3.8) is 0 Å². The molecule has 3 atom stereocenters. The van der Waals surface area contributed by atoms with Crippen molar-refractivity contribution < 1.29 is 4.39 Å². The van der Waals surface area contributed by atoms with Crippen LogP contribution in [0.3, 0.4) is 0 Å². The zero-order chi connectivity index (χ0) is 14.7. The van der Waals surface area contributed by atoms with Gasteiger partial charge in [0.15, 0.2) is 0 Å². The van der Waals surface area contributed by atoms with Crippen LogP contribution in [0.4, 0.5) is 4.39 Å². The van der Waals surface area contributed by atoms with Gasteiger partial charge in [-0.3, -0.25) is 4.90 Å². The van der Waals surface area contributed by atoms with Crippen molar-refractivity contribution in [3.8, 4) is 0 Å². The van der Waals surface area contributed by atoms with Gasteiger partial charge in [-0.05, 0) is 49.6 Å². The van der Waals surface area contributed by atoms with E-state index in [2.05, 4.69) is 18.9 Å². The van der Waals surface area contributed by atoms with E-state index in [1.807, 2.05) is 6.07 Å². The molecule has 0 aromatic heterocycles. The molecule has 0 saturated heterocycles. The Morgan fingerprint density at radius 2 is 2.15 bits per heavy atom. The van der Waals surface area contributed by atoms with E-state index in [-0.39, 0.29) is 11.9 Å². The lowest BCUT2D eigenvalue weighted by atomic mass is 9.85. The van der Waals surface area contributed by atoms with E-state index in [9.17, 15) is 4.39 Å². The van der Waals surface area contributed by atoms with Crippen LogP contribution in [0.2, 0.25) is 5.02 Å². The van der Waals surface area contributed by atoms with E-state index in [1.165, 1.54) is 31.7 Å². The van der Waals surface area contributed by atoms with Gasteiger partial charge in [0, 0.05) is 23.7 Å². The zero-order valence-electron chi connectivity index (χ0n) is 12.3. The van der Waals surface area contributed by atoms with Gasteiger partial charge in [-0.1, -0.05) is 31.4 Å². The Bertz CT molecular complexity index is 432. The molecule has 2 N–H and O–H groups in total. The molecule has 1 fully saturated rings. The molecule has 1 saturated carbocycles. The number of nitrogens with two attached hydrogens (primary N) is 1. The minimum atomic E-state index is -0.295. The molecule has 0 bridgehead atoms. The van der Waals surface area contributed by atoms with Crippen molar-refractivity contribution >= 4 is 11.6 Å². The van der Waals surface area contributed by atoms with Crippen LogP contribution in [0, 0.1) is 11.7 Å². The van der Waals surface area contributed by atoms with Gasteiger partial charge >= 0.3 is 0 Å². The highest BCUT2D eigenvalue weighted by atomic mass is 35.5. The summed E-state index contributed by atoms with van der Waals surface area (Å²) in [5, 5.41) is 0.434. The summed E-state index contributed by atoms with van der Waals surface area (Å²) in [6.45, 7) is 2.78. The molecule has 4 heteroatoms. The van der Waals surface area contributed by atoms with Gasteiger partial charge in [0.2, 0.25) is 0 Å². The Balaban J connectivity index is 2.17. The zero-order valence-corrected chi connectivity index (χ0v) is 13.0. The summed E-state index contributed by atoms with van der Waals surface area (Å²) in [5.41, 5.74) is 6.81. The third-order valence-corrected chi connectivity index (χ3v) is 4.69. The molecule has 20 heavy (non-hydrogen) atoms. The first kappa shape index (κ1) is 15.7. The molecule has 0 spiro atoms. The Kier molecular flexibility index (Phi) is 5.42. The molecule has 0 amide bonds. The first-order valence-electron chi connectivity index (χ1n) is 7.39. The summed E-state index contributed by atoms with van der Waals surface area (Å²) in [6.07, 6.45) is 4.96. The Labute approximate surface area is 126 Å². The predicted octanol–water partition coefficient (Wildman–Crippen LogP) is 3.99. The van der Waals surface area contributed by atoms with E-state index >= 15 is 0 Å². The Morgan fingerprint density at radius 1 is 1.40 bits per heavy atom. The fourth-order valence-corrected chi connectivity index (χ4v) is 3.56. The summed E-state index contributed by atoms with van der Waals surface area (Å²) in [7, 11) is 2.10. The van der Waals surface area contributed by atoms with Crippen LogP contribution < -0.4 is 5.73 Å². The molecule has 1 aromatic carbocycles. The highest BCUT2D eigenvalue weighted by molar-refractivity contribution is 6.30.